The number of nitrogens with zero attached hydrogens (tertiary/aromatic N) is 1. The standard InChI is InChI=1S/C18H21FN2/c1-2-10-20-13-14-7-8-18(16(19)12-14)21-11-9-15-5-3-4-6-17(15)21/h3-8,12,20H,2,9-11,13H2,1H3. The van der Waals surface area contributed by atoms with E-state index < -0.39 is 0 Å². The van der Waals surface area contributed by atoms with E-state index in [0.29, 0.717) is 5.69 Å². The molecule has 1 aliphatic rings. The minimum Gasteiger partial charge on any atom is -0.339 e. The molecule has 0 aromatic heterocycles. The summed E-state index contributed by atoms with van der Waals surface area (Å²) in [5.41, 5.74) is 4.11. The molecule has 1 heterocycles. The van der Waals surface area contributed by atoms with E-state index >= 15 is 0 Å². The van der Waals surface area contributed by atoms with Crippen molar-refractivity contribution in [3.63, 3.8) is 0 Å². The number of fused-ring (bicyclic) bond motifs is 1. The highest BCUT2D eigenvalue weighted by atomic mass is 19.1. The maximum absolute atomic E-state index is 14.4. The first-order valence-corrected chi connectivity index (χ1v) is 7.64. The van der Waals surface area contributed by atoms with E-state index in [0.717, 1.165) is 43.7 Å². The van der Waals surface area contributed by atoms with Gasteiger partial charge in [-0.25, -0.2) is 4.39 Å². The highest BCUT2D eigenvalue weighted by molar-refractivity contribution is 5.70. The lowest BCUT2D eigenvalue weighted by atomic mass is 10.1. The fourth-order valence-electron chi connectivity index (χ4n) is 2.88. The number of halogens is 1. The van der Waals surface area contributed by atoms with Gasteiger partial charge >= 0.3 is 0 Å². The summed E-state index contributed by atoms with van der Waals surface area (Å²) in [6.45, 7) is 4.66. The monoisotopic (exact) mass is 284 g/mol. The topological polar surface area (TPSA) is 15.3 Å². The van der Waals surface area contributed by atoms with Crippen molar-refractivity contribution in [3.8, 4) is 0 Å². The van der Waals surface area contributed by atoms with Crippen molar-refractivity contribution < 1.29 is 4.39 Å². The Morgan fingerprint density at radius 1 is 1.14 bits per heavy atom. The Morgan fingerprint density at radius 2 is 2.00 bits per heavy atom. The predicted molar refractivity (Wildman–Crippen MR) is 85.5 cm³/mol. The van der Waals surface area contributed by atoms with Gasteiger partial charge in [0, 0.05) is 18.8 Å². The summed E-state index contributed by atoms with van der Waals surface area (Å²) >= 11 is 0. The van der Waals surface area contributed by atoms with Gasteiger partial charge in [-0.15, -0.1) is 0 Å². The van der Waals surface area contributed by atoms with Crippen molar-refractivity contribution in [2.45, 2.75) is 26.3 Å². The third-order valence-electron chi connectivity index (χ3n) is 3.95. The fraction of sp³-hybridized carbons (Fsp3) is 0.333. The molecule has 1 aliphatic heterocycles. The van der Waals surface area contributed by atoms with Crippen LogP contribution in [0.5, 0.6) is 0 Å². The number of hydrogen-bond donors (Lipinski definition) is 1. The first-order valence-electron chi connectivity index (χ1n) is 7.64. The van der Waals surface area contributed by atoms with E-state index in [2.05, 4.69) is 29.3 Å². The molecular weight excluding hydrogens is 263 g/mol. The van der Waals surface area contributed by atoms with Gasteiger partial charge < -0.3 is 10.2 Å². The van der Waals surface area contributed by atoms with Crippen LogP contribution >= 0.6 is 0 Å². The van der Waals surface area contributed by atoms with E-state index in [9.17, 15) is 4.39 Å². The van der Waals surface area contributed by atoms with Gasteiger partial charge in [-0.05, 0) is 48.7 Å². The first kappa shape index (κ1) is 14.1. The zero-order chi connectivity index (χ0) is 14.7. The molecule has 0 amide bonds. The molecule has 0 saturated carbocycles. The van der Waals surface area contributed by atoms with Crippen LogP contribution in [0.4, 0.5) is 15.8 Å². The van der Waals surface area contributed by atoms with Crippen LogP contribution in [0.25, 0.3) is 0 Å². The fourth-order valence-corrected chi connectivity index (χ4v) is 2.88. The summed E-state index contributed by atoms with van der Waals surface area (Å²) in [6.07, 6.45) is 2.07. The van der Waals surface area contributed by atoms with E-state index in [1.54, 1.807) is 6.07 Å². The molecule has 0 bridgehead atoms. The molecule has 0 fully saturated rings. The molecule has 0 saturated heterocycles. The van der Waals surface area contributed by atoms with Crippen LogP contribution in [0.2, 0.25) is 0 Å². The van der Waals surface area contributed by atoms with Crippen LogP contribution in [0, 0.1) is 5.82 Å². The zero-order valence-corrected chi connectivity index (χ0v) is 12.4. The van der Waals surface area contributed by atoms with Gasteiger partial charge in [0.05, 0.1) is 5.69 Å². The highest BCUT2D eigenvalue weighted by Crippen LogP contribution is 2.35. The highest BCUT2D eigenvalue weighted by Gasteiger charge is 2.22. The molecule has 0 aliphatic carbocycles. The Balaban J connectivity index is 1.81. The van der Waals surface area contributed by atoms with E-state index in [-0.39, 0.29) is 5.82 Å². The van der Waals surface area contributed by atoms with E-state index in [4.69, 9.17) is 0 Å². The maximum Gasteiger partial charge on any atom is 0.147 e. The van der Waals surface area contributed by atoms with Crippen LogP contribution in [0.3, 0.4) is 0 Å². The molecule has 1 N–H and O–H groups in total. The number of nitrogens with one attached hydrogen (secondary N) is 1. The van der Waals surface area contributed by atoms with Gasteiger partial charge in [0.25, 0.3) is 0 Å². The average Bonchev–Trinajstić information content (AvgIpc) is 2.92. The summed E-state index contributed by atoms with van der Waals surface area (Å²) in [5, 5.41) is 3.30. The lowest BCUT2D eigenvalue weighted by Crippen LogP contribution is -2.16. The molecule has 0 radical (unpaired) electrons. The minimum absolute atomic E-state index is 0.137. The Morgan fingerprint density at radius 3 is 2.81 bits per heavy atom. The Labute approximate surface area is 125 Å². The molecule has 0 atom stereocenters. The van der Waals surface area contributed by atoms with Crippen molar-refractivity contribution in [2.75, 3.05) is 18.0 Å². The second-order valence-corrected chi connectivity index (χ2v) is 5.49. The number of anilines is 2. The third-order valence-corrected chi connectivity index (χ3v) is 3.95. The van der Waals surface area contributed by atoms with Crippen LogP contribution in [-0.2, 0) is 13.0 Å². The largest absolute Gasteiger partial charge is 0.339 e. The second kappa shape index (κ2) is 6.27. The number of hydrogen-bond acceptors (Lipinski definition) is 2. The molecule has 0 spiro atoms. The van der Waals surface area contributed by atoms with Crippen LogP contribution in [-0.4, -0.2) is 13.1 Å². The molecule has 2 aromatic carbocycles. The summed E-state index contributed by atoms with van der Waals surface area (Å²) in [4.78, 5) is 2.08. The zero-order valence-electron chi connectivity index (χ0n) is 12.4. The van der Waals surface area contributed by atoms with Gasteiger partial charge in [0.2, 0.25) is 0 Å². The molecular formula is C18H21FN2. The van der Waals surface area contributed by atoms with Crippen LogP contribution in [0.1, 0.15) is 24.5 Å². The lowest BCUT2D eigenvalue weighted by molar-refractivity contribution is 0.617. The molecule has 2 aromatic rings. The van der Waals surface area contributed by atoms with E-state index in [1.165, 1.54) is 5.56 Å². The smallest absolute Gasteiger partial charge is 0.147 e. The quantitative estimate of drug-likeness (QED) is 0.834. The van der Waals surface area contributed by atoms with Gasteiger partial charge in [0.1, 0.15) is 5.82 Å². The Bertz CT molecular complexity index is 624. The molecule has 2 nitrogen and oxygen atoms in total. The second-order valence-electron chi connectivity index (χ2n) is 5.49. The van der Waals surface area contributed by atoms with Gasteiger partial charge in [-0.3, -0.25) is 0 Å². The maximum atomic E-state index is 14.4. The summed E-state index contributed by atoms with van der Waals surface area (Å²) < 4.78 is 14.4. The predicted octanol–water partition coefficient (Wildman–Crippen LogP) is 4.02. The van der Waals surface area contributed by atoms with Gasteiger partial charge in [-0.2, -0.15) is 0 Å². The molecule has 3 heteroatoms. The average molecular weight is 284 g/mol. The normalized spacial score (nSPS) is 13.5. The molecule has 21 heavy (non-hydrogen) atoms. The van der Waals surface area contributed by atoms with E-state index in [1.807, 2.05) is 24.3 Å². The lowest BCUT2D eigenvalue weighted by Gasteiger charge is -2.20. The molecule has 110 valence electrons. The Hall–Kier alpha value is -1.87. The Kier molecular flexibility index (Phi) is 4.20. The van der Waals surface area contributed by atoms with Gasteiger partial charge in [0.15, 0.2) is 0 Å². The first-order chi connectivity index (χ1) is 10.3. The summed E-state index contributed by atoms with van der Waals surface area (Å²) in [5.74, 6) is -0.137. The van der Waals surface area contributed by atoms with Crippen molar-refractivity contribution in [3.05, 3.63) is 59.4 Å². The van der Waals surface area contributed by atoms with Gasteiger partial charge in [-0.1, -0.05) is 31.2 Å². The van der Waals surface area contributed by atoms with Crippen molar-refractivity contribution >= 4 is 11.4 Å². The number of rotatable bonds is 5. The third kappa shape index (κ3) is 2.93. The van der Waals surface area contributed by atoms with Crippen molar-refractivity contribution in [2.24, 2.45) is 0 Å². The molecule has 0 unspecified atom stereocenters. The van der Waals surface area contributed by atoms with Crippen molar-refractivity contribution in [1.29, 1.82) is 0 Å². The number of benzene rings is 2. The SMILES string of the molecule is CCCNCc1ccc(N2CCc3ccccc32)c(F)c1. The molecule has 3 rings (SSSR count). The number of para-hydroxylation sites is 1. The summed E-state index contributed by atoms with van der Waals surface area (Å²) in [7, 11) is 0. The van der Waals surface area contributed by atoms with Crippen molar-refractivity contribution in [1.82, 2.24) is 5.32 Å². The van der Waals surface area contributed by atoms with Crippen LogP contribution < -0.4 is 10.2 Å². The van der Waals surface area contributed by atoms with Crippen LogP contribution in [0.15, 0.2) is 42.5 Å². The summed E-state index contributed by atoms with van der Waals surface area (Å²) in [6, 6.07) is 13.8. The minimum atomic E-state index is -0.137.